The molecule has 0 bridgehead atoms. The van der Waals surface area contributed by atoms with Gasteiger partial charge in [-0.1, -0.05) is 30.3 Å². The molecule has 0 fully saturated rings. The van der Waals surface area contributed by atoms with Crippen LogP contribution in [0.3, 0.4) is 0 Å². The molecule has 0 N–H and O–H groups in total. The van der Waals surface area contributed by atoms with Crippen LogP contribution in [-0.4, -0.2) is 5.97 Å². The molecule has 132 valence electrons. The van der Waals surface area contributed by atoms with Crippen LogP contribution in [0.4, 0.5) is 4.39 Å². The van der Waals surface area contributed by atoms with Crippen LogP contribution in [-0.2, 0) is 4.79 Å². The predicted molar refractivity (Wildman–Crippen MR) is 101 cm³/mol. The maximum absolute atomic E-state index is 12.9. The maximum Gasteiger partial charge on any atom is 0.344 e. The first kappa shape index (κ1) is 16.7. The SMILES string of the molecule is O=C(/C=C/c1ccc(F)cc1)Oc1ccc2c(c1)oc(=O)c1ccccc12. The Bertz CT molecular complexity index is 1240. The molecule has 4 nitrogen and oxygen atoms in total. The van der Waals surface area contributed by atoms with E-state index in [9.17, 15) is 14.0 Å². The second kappa shape index (κ2) is 6.88. The number of carbonyl (C=O) groups excluding carboxylic acids is 1. The molecule has 0 saturated heterocycles. The summed E-state index contributed by atoms with van der Waals surface area (Å²) in [6.07, 6.45) is 2.77. The van der Waals surface area contributed by atoms with Crippen LogP contribution in [0.25, 0.3) is 27.8 Å². The molecule has 5 heteroatoms. The average molecular weight is 360 g/mol. The van der Waals surface area contributed by atoms with Crippen LogP contribution in [0.1, 0.15) is 5.56 Å². The lowest BCUT2D eigenvalue weighted by Gasteiger charge is -2.05. The van der Waals surface area contributed by atoms with Crippen molar-refractivity contribution in [3.8, 4) is 5.75 Å². The molecule has 0 saturated carbocycles. The average Bonchev–Trinajstić information content (AvgIpc) is 2.68. The van der Waals surface area contributed by atoms with Gasteiger partial charge in [0.25, 0.3) is 0 Å². The first-order valence-corrected chi connectivity index (χ1v) is 8.21. The Hall–Kier alpha value is -3.73. The highest BCUT2D eigenvalue weighted by atomic mass is 19.1. The molecule has 1 heterocycles. The topological polar surface area (TPSA) is 56.5 Å². The number of hydrogen-bond donors (Lipinski definition) is 0. The summed E-state index contributed by atoms with van der Waals surface area (Å²) in [6.45, 7) is 0. The summed E-state index contributed by atoms with van der Waals surface area (Å²) < 4.78 is 23.5. The molecule has 0 amide bonds. The third kappa shape index (κ3) is 3.48. The van der Waals surface area contributed by atoms with E-state index in [-0.39, 0.29) is 11.6 Å². The van der Waals surface area contributed by atoms with Gasteiger partial charge < -0.3 is 9.15 Å². The summed E-state index contributed by atoms with van der Waals surface area (Å²) >= 11 is 0. The van der Waals surface area contributed by atoms with Gasteiger partial charge in [-0.15, -0.1) is 0 Å². The van der Waals surface area contributed by atoms with Gasteiger partial charge in [0, 0.05) is 17.5 Å². The molecule has 3 aromatic carbocycles. The van der Waals surface area contributed by atoms with Gasteiger partial charge in [-0.2, -0.15) is 0 Å². The molecular formula is C22H13FO4. The van der Waals surface area contributed by atoms with E-state index < -0.39 is 11.6 Å². The maximum atomic E-state index is 12.9. The Morgan fingerprint density at radius 1 is 0.926 bits per heavy atom. The molecular weight excluding hydrogens is 347 g/mol. The van der Waals surface area contributed by atoms with Gasteiger partial charge in [-0.25, -0.2) is 14.0 Å². The lowest BCUT2D eigenvalue weighted by Crippen LogP contribution is -2.04. The van der Waals surface area contributed by atoms with Gasteiger partial charge in [0.1, 0.15) is 17.1 Å². The van der Waals surface area contributed by atoms with E-state index in [1.807, 2.05) is 12.1 Å². The van der Waals surface area contributed by atoms with Gasteiger partial charge >= 0.3 is 11.6 Å². The number of halogens is 1. The molecule has 4 aromatic rings. The molecule has 1 aromatic heterocycles. The Morgan fingerprint density at radius 2 is 1.67 bits per heavy atom. The fourth-order valence-corrected chi connectivity index (χ4v) is 2.81. The van der Waals surface area contributed by atoms with Crippen LogP contribution in [0.15, 0.2) is 82.0 Å². The number of rotatable bonds is 3. The predicted octanol–water partition coefficient (Wildman–Crippen LogP) is 4.70. The van der Waals surface area contributed by atoms with E-state index in [1.54, 1.807) is 36.4 Å². The molecule has 0 spiro atoms. The van der Waals surface area contributed by atoms with E-state index in [2.05, 4.69) is 0 Å². The molecule has 0 atom stereocenters. The van der Waals surface area contributed by atoms with Gasteiger partial charge in [-0.3, -0.25) is 0 Å². The molecule has 0 aliphatic rings. The first-order valence-electron chi connectivity index (χ1n) is 8.21. The molecule has 0 unspecified atom stereocenters. The minimum atomic E-state index is -0.596. The number of carbonyl (C=O) groups is 1. The Balaban J connectivity index is 1.60. The van der Waals surface area contributed by atoms with Crippen molar-refractivity contribution in [2.45, 2.75) is 0 Å². The Labute approximate surface area is 153 Å². The summed E-state index contributed by atoms with van der Waals surface area (Å²) in [7, 11) is 0. The minimum Gasteiger partial charge on any atom is -0.423 e. The monoisotopic (exact) mass is 360 g/mol. The van der Waals surface area contributed by atoms with Crippen molar-refractivity contribution in [2.75, 3.05) is 0 Å². The smallest absolute Gasteiger partial charge is 0.344 e. The van der Waals surface area contributed by atoms with Crippen molar-refractivity contribution in [2.24, 2.45) is 0 Å². The number of esters is 1. The van der Waals surface area contributed by atoms with E-state index >= 15 is 0 Å². The summed E-state index contributed by atoms with van der Waals surface area (Å²) in [5.41, 5.74) is 0.564. The fraction of sp³-hybridized carbons (Fsp3) is 0. The Morgan fingerprint density at radius 3 is 2.44 bits per heavy atom. The lowest BCUT2D eigenvalue weighted by molar-refractivity contribution is -0.128. The van der Waals surface area contributed by atoms with Crippen LogP contribution < -0.4 is 10.4 Å². The number of hydrogen-bond acceptors (Lipinski definition) is 4. The van der Waals surface area contributed by atoms with Crippen molar-refractivity contribution in [1.82, 2.24) is 0 Å². The van der Waals surface area contributed by atoms with Gasteiger partial charge in [0.15, 0.2) is 0 Å². The standard InChI is InChI=1S/C22H13FO4/c23-15-8-5-14(6-9-15)7-12-21(24)26-16-10-11-18-17-3-1-2-4-19(17)22(25)27-20(18)13-16/h1-13H/b12-7+. The van der Waals surface area contributed by atoms with E-state index in [0.29, 0.717) is 16.5 Å². The van der Waals surface area contributed by atoms with Gasteiger partial charge in [0.05, 0.1) is 5.39 Å². The molecule has 0 aliphatic heterocycles. The largest absolute Gasteiger partial charge is 0.423 e. The highest BCUT2D eigenvalue weighted by Crippen LogP contribution is 2.26. The third-order valence-electron chi connectivity index (χ3n) is 4.09. The number of ether oxygens (including phenoxy) is 1. The van der Waals surface area contributed by atoms with Crippen molar-refractivity contribution < 1.29 is 18.3 Å². The number of fused-ring (bicyclic) bond motifs is 3. The van der Waals surface area contributed by atoms with Gasteiger partial charge in [0.2, 0.25) is 0 Å². The zero-order chi connectivity index (χ0) is 18.8. The second-order valence-electron chi connectivity index (χ2n) is 5.90. The lowest BCUT2D eigenvalue weighted by atomic mass is 10.1. The third-order valence-corrected chi connectivity index (χ3v) is 4.09. The van der Waals surface area contributed by atoms with Crippen LogP contribution in [0.5, 0.6) is 5.75 Å². The highest BCUT2D eigenvalue weighted by molar-refractivity contribution is 6.04. The highest BCUT2D eigenvalue weighted by Gasteiger charge is 2.09. The molecule has 0 radical (unpaired) electrons. The van der Waals surface area contributed by atoms with Crippen molar-refractivity contribution in [1.29, 1.82) is 0 Å². The summed E-state index contributed by atoms with van der Waals surface area (Å²) in [6, 6.07) is 17.8. The molecule has 0 aliphatic carbocycles. The van der Waals surface area contributed by atoms with Crippen molar-refractivity contribution in [3.63, 3.8) is 0 Å². The summed E-state index contributed by atoms with van der Waals surface area (Å²) in [5, 5.41) is 2.03. The quantitative estimate of drug-likeness (QED) is 0.175. The zero-order valence-corrected chi connectivity index (χ0v) is 14.0. The molecule has 4 rings (SSSR count). The zero-order valence-electron chi connectivity index (χ0n) is 14.0. The van der Waals surface area contributed by atoms with Crippen LogP contribution in [0, 0.1) is 5.82 Å². The minimum absolute atomic E-state index is 0.259. The van der Waals surface area contributed by atoms with Crippen molar-refractivity contribution in [3.05, 3.63) is 94.6 Å². The van der Waals surface area contributed by atoms with E-state index in [1.165, 1.54) is 30.4 Å². The Kier molecular flexibility index (Phi) is 4.26. The summed E-state index contributed by atoms with van der Waals surface area (Å²) in [4.78, 5) is 24.1. The second-order valence-corrected chi connectivity index (χ2v) is 5.90. The van der Waals surface area contributed by atoms with Crippen LogP contribution in [0.2, 0.25) is 0 Å². The van der Waals surface area contributed by atoms with Crippen molar-refractivity contribution >= 4 is 33.8 Å². The summed E-state index contributed by atoms with van der Waals surface area (Å²) in [5.74, 6) is -0.684. The van der Waals surface area contributed by atoms with Crippen LogP contribution >= 0.6 is 0 Å². The van der Waals surface area contributed by atoms with E-state index in [0.717, 1.165) is 10.8 Å². The fourth-order valence-electron chi connectivity index (χ4n) is 2.81. The van der Waals surface area contributed by atoms with Gasteiger partial charge in [-0.05, 0) is 47.4 Å². The molecule has 27 heavy (non-hydrogen) atoms. The van der Waals surface area contributed by atoms with E-state index in [4.69, 9.17) is 9.15 Å². The number of benzene rings is 3. The normalized spacial score (nSPS) is 11.3. The first-order chi connectivity index (χ1) is 13.1.